The van der Waals surface area contributed by atoms with Crippen molar-refractivity contribution in [3.63, 3.8) is 0 Å². The van der Waals surface area contributed by atoms with Gasteiger partial charge in [-0.05, 0) is 19.1 Å². The first kappa shape index (κ1) is 13.9. The zero-order valence-electron chi connectivity index (χ0n) is 8.78. The number of hydrogen-bond acceptors (Lipinski definition) is 3. The van der Waals surface area contributed by atoms with Crippen LogP contribution in [-0.2, 0) is 9.05 Å². The van der Waals surface area contributed by atoms with Gasteiger partial charge in [-0.2, -0.15) is 4.39 Å². The molecule has 0 radical (unpaired) electrons. The van der Waals surface area contributed by atoms with Crippen LogP contribution in [0.5, 0.6) is 5.75 Å². The highest BCUT2D eigenvalue weighted by Crippen LogP contribution is 2.27. The first-order chi connectivity index (χ1) is 7.88. The smallest absolute Gasteiger partial charge is 0.264 e. The molecule has 0 saturated carbocycles. The molecule has 1 aromatic carbocycles. The second kappa shape index (κ2) is 5.46. The fraction of sp³-hybridized carbons (Fsp3) is 0.200. The fourth-order valence-electron chi connectivity index (χ4n) is 1.05. The maximum absolute atomic E-state index is 13.4. The molecule has 0 aliphatic rings. The third kappa shape index (κ3) is 3.41. The summed E-state index contributed by atoms with van der Waals surface area (Å²) in [6.07, 6.45) is 3.26. The molecule has 3 nitrogen and oxygen atoms in total. The van der Waals surface area contributed by atoms with E-state index in [4.69, 9.17) is 15.4 Å². The summed E-state index contributed by atoms with van der Waals surface area (Å²) < 4.78 is 53.4. The Kier molecular flexibility index (Phi) is 4.47. The number of halogens is 3. The van der Waals surface area contributed by atoms with Gasteiger partial charge in [0.25, 0.3) is 9.05 Å². The molecule has 7 heteroatoms. The molecule has 0 amide bonds. The summed E-state index contributed by atoms with van der Waals surface area (Å²) in [6.45, 7) is 1.79. The molecular weight excluding hydrogens is 274 g/mol. The number of hydrogen-bond donors (Lipinski definition) is 0. The van der Waals surface area contributed by atoms with Crippen LogP contribution in [0.1, 0.15) is 6.92 Å². The van der Waals surface area contributed by atoms with Crippen LogP contribution in [0, 0.1) is 11.6 Å². The molecule has 0 bridgehead atoms. The van der Waals surface area contributed by atoms with Crippen molar-refractivity contribution in [3.8, 4) is 5.75 Å². The maximum atomic E-state index is 13.4. The monoisotopic (exact) mass is 282 g/mol. The molecule has 0 atom stereocenters. The number of rotatable bonds is 4. The van der Waals surface area contributed by atoms with E-state index in [0.29, 0.717) is 0 Å². The Hall–Kier alpha value is -1.14. The fourth-order valence-corrected chi connectivity index (χ4v) is 1.94. The average Bonchev–Trinajstić information content (AvgIpc) is 2.23. The minimum atomic E-state index is -4.31. The van der Waals surface area contributed by atoms with Gasteiger partial charge in [0.05, 0.1) is 0 Å². The van der Waals surface area contributed by atoms with Crippen molar-refractivity contribution < 1.29 is 21.9 Å². The second-order valence-corrected chi connectivity index (χ2v) is 5.54. The Morgan fingerprint density at radius 3 is 2.53 bits per heavy atom. The summed E-state index contributed by atoms with van der Waals surface area (Å²) in [6, 6.07) is 1.86. The van der Waals surface area contributed by atoms with E-state index in [2.05, 4.69) is 0 Å². The zero-order valence-corrected chi connectivity index (χ0v) is 10.4. The molecule has 0 saturated heterocycles. The van der Waals surface area contributed by atoms with E-state index in [9.17, 15) is 17.2 Å². The second-order valence-electron chi connectivity index (χ2n) is 3.01. The molecular formula is C10H9ClF2O3S. The van der Waals surface area contributed by atoms with E-state index in [1.807, 2.05) is 0 Å². The van der Waals surface area contributed by atoms with Crippen LogP contribution in [-0.4, -0.2) is 15.0 Å². The third-order valence-electron chi connectivity index (χ3n) is 1.84. The van der Waals surface area contributed by atoms with E-state index in [-0.39, 0.29) is 12.4 Å². The predicted octanol–water partition coefficient (Wildman–Crippen LogP) is 2.85. The summed E-state index contributed by atoms with van der Waals surface area (Å²) >= 11 is 0. The van der Waals surface area contributed by atoms with Crippen molar-refractivity contribution in [2.45, 2.75) is 11.8 Å². The van der Waals surface area contributed by atoms with Crippen molar-refractivity contribution in [2.24, 2.45) is 0 Å². The van der Waals surface area contributed by atoms with Crippen molar-refractivity contribution in [1.29, 1.82) is 0 Å². The molecule has 0 heterocycles. The van der Waals surface area contributed by atoms with Crippen LogP contribution in [0.25, 0.3) is 0 Å². The van der Waals surface area contributed by atoms with E-state index in [1.165, 1.54) is 0 Å². The van der Waals surface area contributed by atoms with Gasteiger partial charge in [0.15, 0.2) is 11.6 Å². The Bertz CT molecular complexity index is 541. The lowest BCUT2D eigenvalue weighted by Crippen LogP contribution is -2.02. The van der Waals surface area contributed by atoms with Crippen LogP contribution < -0.4 is 4.74 Å². The van der Waals surface area contributed by atoms with Crippen molar-refractivity contribution in [2.75, 3.05) is 6.61 Å². The van der Waals surface area contributed by atoms with Crippen LogP contribution in [0.15, 0.2) is 29.2 Å². The summed E-state index contributed by atoms with van der Waals surface area (Å²) in [5.74, 6) is -3.29. The van der Waals surface area contributed by atoms with Crippen LogP contribution in [0.3, 0.4) is 0 Å². The third-order valence-corrected chi connectivity index (χ3v) is 3.18. The minimum absolute atomic E-state index is 0.0554. The lowest BCUT2D eigenvalue weighted by atomic mass is 10.3. The molecule has 94 valence electrons. The Morgan fingerprint density at radius 2 is 2.00 bits per heavy atom. The SMILES string of the molecule is C/C=C/COc1ccc(S(=O)(=O)Cl)c(F)c1F. The highest BCUT2D eigenvalue weighted by atomic mass is 35.7. The number of ether oxygens (including phenoxy) is 1. The van der Waals surface area contributed by atoms with Crippen LogP contribution in [0.2, 0.25) is 0 Å². The van der Waals surface area contributed by atoms with Gasteiger partial charge in [0, 0.05) is 10.7 Å². The summed E-state index contributed by atoms with van der Waals surface area (Å²) in [5, 5.41) is 0. The molecule has 0 fully saturated rings. The van der Waals surface area contributed by atoms with Gasteiger partial charge >= 0.3 is 0 Å². The van der Waals surface area contributed by atoms with Crippen LogP contribution >= 0.6 is 10.7 Å². The van der Waals surface area contributed by atoms with Gasteiger partial charge in [0.1, 0.15) is 11.5 Å². The van der Waals surface area contributed by atoms with E-state index < -0.39 is 25.6 Å². The Morgan fingerprint density at radius 1 is 1.35 bits per heavy atom. The van der Waals surface area contributed by atoms with E-state index in [0.717, 1.165) is 12.1 Å². The average molecular weight is 283 g/mol. The topological polar surface area (TPSA) is 43.4 Å². The lowest BCUT2D eigenvalue weighted by Gasteiger charge is -2.07. The summed E-state index contributed by atoms with van der Waals surface area (Å²) in [7, 11) is 0.618. The Balaban J connectivity index is 3.11. The van der Waals surface area contributed by atoms with E-state index in [1.54, 1.807) is 19.1 Å². The molecule has 0 spiro atoms. The van der Waals surface area contributed by atoms with E-state index >= 15 is 0 Å². The highest BCUT2D eigenvalue weighted by molar-refractivity contribution is 8.13. The van der Waals surface area contributed by atoms with Gasteiger partial charge in [-0.15, -0.1) is 0 Å². The van der Waals surface area contributed by atoms with Gasteiger partial charge < -0.3 is 4.74 Å². The molecule has 0 N–H and O–H groups in total. The van der Waals surface area contributed by atoms with Gasteiger partial charge in [-0.1, -0.05) is 12.2 Å². The summed E-state index contributed by atoms with van der Waals surface area (Å²) in [4.78, 5) is -0.907. The quantitative estimate of drug-likeness (QED) is 0.630. The summed E-state index contributed by atoms with van der Waals surface area (Å²) in [5.41, 5.74) is 0. The first-order valence-corrected chi connectivity index (χ1v) is 6.85. The maximum Gasteiger partial charge on any atom is 0.264 e. The highest BCUT2D eigenvalue weighted by Gasteiger charge is 2.22. The number of benzene rings is 1. The zero-order chi connectivity index (χ0) is 13.1. The minimum Gasteiger partial charge on any atom is -0.486 e. The molecule has 0 aliphatic heterocycles. The largest absolute Gasteiger partial charge is 0.486 e. The van der Waals surface area contributed by atoms with Gasteiger partial charge in [-0.25, -0.2) is 12.8 Å². The van der Waals surface area contributed by atoms with Gasteiger partial charge in [-0.3, -0.25) is 0 Å². The molecule has 0 aromatic heterocycles. The van der Waals surface area contributed by atoms with Crippen molar-refractivity contribution in [1.82, 2.24) is 0 Å². The Labute approximate surface area is 102 Å². The normalized spacial score (nSPS) is 12.0. The standard InChI is InChI=1S/C10H9ClF2O3S/c1-2-3-6-16-7-4-5-8(17(11,14)15)10(13)9(7)12/h2-5H,6H2,1H3/b3-2+. The molecule has 17 heavy (non-hydrogen) atoms. The van der Waals surface area contributed by atoms with Crippen molar-refractivity contribution >= 4 is 19.7 Å². The lowest BCUT2D eigenvalue weighted by molar-refractivity contribution is 0.329. The molecule has 0 unspecified atom stereocenters. The van der Waals surface area contributed by atoms with Gasteiger partial charge in [0.2, 0.25) is 5.82 Å². The number of allylic oxidation sites excluding steroid dienone is 1. The molecule has 1 rings (SSSR count). The first-order valence-electron chi connectivity index (χ1n) is 4.54. The van der Waals surface area contributed by atoms with Crippen LogP contribution in [0.4, 0.5) is 8.78 Å². The predicted molar refractivity (Wildman–Crippen MR) is 59.7 cm³/mol. The molecule has 1 aromatic rings. The molecule has 0 aliphatic carbocycles. The van der Waals surface area contributed by atoms with Crippen molar-refractivity contribution in [3.05, 3.63) is 35.9 Å².